The Morgan fingerprint density at radius 3 is 2.56 bits per heavy atom. The van der Waals surface area contributed by atoms with Gasteiger partial charge in [0.05, 0.1) is 5.60 Å². The molecule has 1 rings (SSSR count). The highest BCUT2D eigenvalue weighted by molar-refractivity contribution is 9.10. The van der Waals surface area contributed by atoms with Crippen LogP contribution in [0.25, 0.3) is 0 Å². The Morgan fingerprint density at radius 1 is 1.33 bits per heavy atom. The first-order valence-electron chi connectivity index (χ1n) is 6.54. The van der Waals surface area contributed by atoms with Gasteiger partial charge >= 0.3 is 0 Å². The SMILES string of the molecule is CCCc1cc(Br)ccc1NC(C)OC(C)(C)C. The minimum absolute atomic E-state index is 0.00165. The summed E-state index contributed by atoms with van der Waals surface area (Å²) < 4.78 is 7.01. The van der Waals surface area contributed by atoms with Gasteiger partial charge in [-0.3, -0.25) is 0 Å². The maximum Gasteiger partial charge on any atom is 0.125 e. The number of nitrogens with one attached hydrogen (secondary N) is 1. The van der Waals surface area contributed by atoms with Gasteiger partial charge in [0.15, 0.2) is 0 Å². The van der Waals surface area contributed by atoms with E-state index in [1.807, 2.05) is 6.92 Å². The first kappa shape index (κ1) is 15.5. The lowest BCUT2D eigenvalue weighted by atomic mass is 10.1. The molecule has 0 fully saturated rings. The zero-order chi connectivity index (χ0) is 13.8. The second-order valence-electron chi connectivity index (χ2n) is 5.57. The van der Waals surface area contributed by atoms with Crippen LogP contribution < -0.4 is 5.32 Å². The minimum atomic E-state index is -0.132. The van der Waals surface area contributed by atoms with Gasteiger partial charge in [0.1, 0.15) is 6.23 Å². The normalized spacial score (nSPS) is 13.4. The molecule has 0 bridgehead atoms. The number of hydrogen-bond acceptors (Lipinski definition) is 2. The third-order valence-electron chi connectivity index (χ3n) is 2.48. The largest absolute Gasteiger partial charge is 0.360 e. The maximum absolute atomic E-state index is 5.88. The van der Waals surface area contributed by atoms with Crippen LogP contribution in [0.15, 0.2) is 22.7 Å². The topological polar surface area (TPSA) is 21.3 Å². The number of benzene rings is 1. The molecule has 0 aliphatic heterocycles. The van der Waals surface area contributed by atoms with Crippen molar-refractivity contribution in [1.29, 1.82) is 0 Å². The second-order valence-corrected chi connectivity index (χ2v) is 6.48. The Hall–Kier alpha value is -0.540. The summed E-state index contributed by atoms with van der Waals surface area (Å²) in [6.07, 6.45) is 2.21. The van der Waals surface area contributed by atoms with E-state index in [0.717, 1.165) is 23.0 Å². The van der Waals surface area contributed by atoms with Gasteiger partial charge in [-0.25, -0.2) is 0 Å². The summed E-state index contributed by atoms with van der Waals surface area (Å²) in [6, 6.07) is 6.35. The molecule has 0 saturated heterocycles. The number of aryl methyl sites for hydroxylation is 1. The number of halogens is 1. The van der Waals surface area contributed by atoms with Crippen molar-refractivity contribution in [3.8, 4) is 0 Å². The molecule has 2 nitrogen and oxygen atoms in total. The van der Waals surface area contributed by atoms with E-state index >= 15 is 0 Å². The molecule has 0 spiro atoms. The second kappa shape index (κ2) is 6.58. The van der Waals surface area contributed by atoms with Crippen molar-refractivity contribution in [2.45, 2.75) is 59.3 Å². The van der Waals surface area contributed by atoms with Crippen molar-refractivity contribution < 1.29 is 4.74 Å². The average Bonchev–Trinajstić information content (AvgIpc) is 2.20. The van der Waals surface area contributed by atoms with Gasteiger partial charge in [-0.2, -0.15) is 0 Å². The molecule has 18 heavy (non-hydrogen) atoms. The van der Waals surface area contributed by atoms with Crippen molar-refractivity contribution >= 4 is 21.6 Å². The van der Waals surface area contributed by atoms with Crippen LogP contribution in [-0.2, 0) is 11.2 Å². The Kier molecular flexibility index (Phi) is 5.67. The van der Waals surface area contributed by atoms with Crippen LogP contribution in [-0.4, -0.2) is 11.8 Å². The van der Waals surface area contributed by atoms with Crippen molar-refractivity contribution in [3.05, 3.63) is 28.2 Å². The van der Waals surface area contributed by atoms with E-state index in [0.29, 0.717) is 0 Å². The minimum Gasteiger partial charge on any atom is -0.360 e. The van der Waals surface area contributed by atoms with Gasteiger partial charge in [0.25, 0.3) is 0 Å². The quantitative estimate of drug-likeness (QED) is 0.774. The average molecular weight is 314 g/mol. The Bertz CT molecular complexity index is 385. The van der Waals surface area contributed by atoms with Crippen LogP contribution in [0, 0.1) is 0 Å². The lowest BCUT2D eigenvalue weighted by molar-refractivity contribution is -0.0383. The van der Waals surface area contributed by atoms with Crippen LogP contribution in [0.3, 0.4) is 0 Å². The van der Waals surface area contributed by atoms with Crippen molar-refractivity contribution in [1.82, 2.24) is 0 Å². The van der Waals surface area contributed by atoms with E-state index in [4.69, 9.17) is 4.74 Å². The molecule has 3 heteroatoms. The fourth-order valence-corrected chi connectivity index (χ4v) is 2.37. The van der Waals surface area contributed by atoms with Gasteiger partial charge in [0, 0.05) is 10.2 Å². The van der Waals surface area contributed by atoms with E-state index in [1.165, 1.54) is 5.56 Å². The van der Waals surface area contributed by atoms with E-state index in [1.54, 1.807) is 0 Å². The molecule has 0 saturated carbocycles. The Balaban J connectivity index is 2.77. The Morgan fingerprint density at radius 2 is 2.00 bits per heavy atom. The third-order valence-corrected chi connectivity index (χ3v) is 2.97. The highest BCUT2D eigenvalue weighted by atomic mass is 79.9. The predicted molar refractivity (Wildman–Crippen MR) is 82.1 cm³/mol. The fourth-order valence-electron chi connectivity index (χ4n) is 1.96. The maximum atomic E-state index is 5.88. The molecule has 0 aliphatic carbocycles. The summed E-state index contributed by atoms with van der Waals surface area (Å²) in [4.78, 5) is 0. The molecule has 0 amide bonds. The molecule has 0 heterocycles. The lowest BCUT2D eigenvalue weighted by Gasteiger charge is -2.27. The third kappa shape index (κ3) is 5.40. The lowest BCUT2D eigenvalue weighted by Crippen LogP contribution is -2.30. The molecule has 0 aromatic heterocycles. The van der Waals surface area contributed by atoms with Crippen molar-refractivity contribution in [2.75, 3.05) is 5.32 Å². The molecule has 0 radical (unpaired) electrons. The standard InChI is InChI=1S/C15H24BrNO/c1-6-7-12-10-13(16)8-9-14(12)17-11(2)18-15(3,4)5/h8-11,17H,6-7H2,1-5H3. The zero-order valence-electron chi connectivity index (χ0n) is 12.0. The predicted octanol–water partition coefficient (Wildman–Crippen LogP) is 4.97. The van der Waals surface area contributed by atoms with Crippen LogP contribution >= 0.6 is 15.9 Å². The summed E-state index contributed by atoms with van der Waals surface area (Å²) in [5.74, 6) is 0. The first-order valence-corrected chi connectivity index (χ1v) is 7.34. The number of hydrogen-bond donors (Lipinski definition) is 1. The number of anilines is 1. The van der Waals surface area contributed by atoms with Crippen LogP contribution in [0.1, 0.15) is 46.6 Å². The Labute approximate surface area is 119 Å². The van der Waals surface area contributed by atoms with E-state index in [2.05, 4.69) is 67.1 Å². The van der Waals surface area contributed by atoms with Gasteiger partial charge in [0.2, 0.25) is 0 Å². The smallest absolute Gasteiger partial charge is 0.125 e. The summed E-state index contributed by atoms with van der Waals surface area (Å²) >= 11 is 3.52. The molecule has 1 aromatic rings. The summed E-state index contributed by atoms with van der Waals surface area (Å²) in [7, 11) is 0. The molecular weight excluding hydrogens is 290 g/mol. The highest BCUT2D eigenvalue weighted by Crippen LogP contribution is 2.24. The van der Waals surface area contributed by atoms with E-state index < -0.39 is 0 Å². The van der Waals surface area contributed by atoms with Gasteiger partial charge in [-0.1, -0.05) is 29.3 Å². The number of ether oxygens (including phenoxy) is 1. The van der Waals surface area contributed by atoms with Gasteiger partial charge in [-0.15, -0.1) is 0 Å². The van der Waals surface area contributed by atoms with Crippen molar-refractivity contribution in [3.63, 3.8) is 0 Å². The highest BCUT2D eigenvalue weighted by Gasteiger charge is 2.15. The van der Waals surface area contributed by atoms with Crippen LogP contribution in [0.4, 0.5) is 5.69 Å². The van der Waals surface area contributed by atoms with Gasteiger partial charge < -0.3 is 10.1 Å². The molecule has 0 aliphatic rings. The number of rotatable bonds is 5. The zero-order valence-corrected chi connectivity index (χ0v) is 13.6. The summed E-state index contributed by atoms with van der Waals surface area (Å²) in [6.45, 7) is 10.4. The van der Waals surface area contributed by atoms with Gasteiger partial charge in [-0.05, 0) is 57.9 Å². The van der Waals surface area contributed by atoms with Crippen LogP contribution in [0.2, 0.25) is 0 Å². The summed E-state index contributed by atoms with van der Waals surface area (Å²) in [5, 5.41) is 3.44. The first-order chi connectivity index (χ1) is 8.31. The molecule has 1 atom stereocenters. The van der Waals surface area contributed by atoms with Crippen LogP contribution in [0.5, 0.6) is 0 Å². The van der Waals surface area contributed by atoms with Crippen molar-refractivity contribution in [2.24, 2.45) is 0 Å². The molecule has 1 aromatic carbocycles. The summed E-state index contributed by atoms with van der Waals surface area (Å²) in [5.41, 5.74) is 2.36. The van der Waals surface area contributed by atoms with E-state index in [-0.39, 0.29) is 11.8 Å². The molecule has 102 valence electrons. The molecular formula is C15H24BrNO. The molecule has 1 N–H and O–H groups in total. The van der Waals surface area contributed by atoms with E-state index in [9.17, 15) is 0 Å². The monoisotopic (exact) mass is 313 g/mol. The fraction of sp³-hybridized carbons (Fsp3) is 0.600. The molecule has 1 unspecified atom stereocenters.